The van der Waals surface area contributed by atoms with Gasteiger partial charge in [0.15, 0.2) is 0 Å². The van der Waals surface area contributed by atoms with Crippen LogP contribution in [0.1, 0.15) is 102 Å². The Balaban J connectivity index is 1.69. The van der Waals surface area contributed by atoms with Crippen LogP contribution in [0, 0.1) is 0 Å². The van der Waals surface area contributed by atoms with Crippen molar-refractivity contribution in [2.75, 3.05) is 0 Å². The quantitative estimate of drug-likeness (QED) is 0.0851. The van der Waals surface area contributed by atoms with Gasteiger partial charge in [0.2, 0.25) is 0 Å². The molecule has 48 heavy (non-hydrogen) atoms. The van der Waals surface area contributed by atoms with Gasteiger partial charge >= 0.3 is 0 Å². The van der Waals surface area contributed by atoms with Crippen molar-refractivity contribution in [3.05, 3.63) is 171 Å². The van der Waals surface area contributed by atoms with Gasteiger partial charge in [0, 0.05) is 11.1 Å². The van der Waals surface area contributed by atoms with E-state index in [-0.39, 0.29) is 5.75 Å². The largest absolute Gasteiger partial charge is 0.507 e. The van der Waals surface area contributed by atoms with Crippen molar-refractivity contribution in [1.29, 1.82) is 0 Å². The third kappa shape index (κ3) is 10.2. The van der Waals surface area contributed by atoms with Gasteiger partial charge in [-0.3, -0.25) is 0 Å². The minimum atomic E-state index is 0.290. The lowest BCUT2D eigenvalue weighted by atomic mass is 9.85. The van der Waals surface area contributed by atoms with E-state index in [4.69, 9.17) is 0 Å². The molecule has 0 saturated carbocycles. The van der Waals surface area contributed by atoms with Gasteiger partial charge in [-0.2, -0.15) is 0 Å². The Bertz CT molecular complexity index is 1670. The van der Waals surface area contributed by atoms with Crippen molar-refractivity contribution in [3.8, 4) is 5.75 Å². The van der Waals surface area contributed by atoms with Crippen LogP contribution < -0.4 is 0 Å². The average molecular weight is 629 g/mol. The Hall–Kier alpha value is -5.14. The fraction of sp³-hybridized carbons (Fsp3) is 0.191. The number of phenolic OH excluding ortho intramolecular Hbond substituents is 1. The monoisotopic (exact) mass is 628 g/mol. The van der Waals surface area contributed by atoms with E-state index >= 15 is 0 Å². The zero-order valence-electron chi connectivity index (χ0n) is 28.3. The van der Waals surface area contributed by atoms with Crippen LogP contribution in [0.5, 0.6) is 5.75 Å². The first-order valence-corrected chi connectivity index (χ1v) is 17.6. The molecule has 0 fully saturated rings. The molecule has 1 nitrogen and oxygen atoms in total. The zero-order valence-corrected chi connectivity index (χ0v) is 28.3. The van der Waals surface area contributed by atoms with Crippen molar-refractivity contribution in [2.24, 2.45) is 0 Å². The average Bonchev–Trinajstić information content (AvgIpc) is 3.14. The highest BCUT2D eigenvalue weighted by atomic mass is 16.3. The Kier molecular flexibility index (Phi) is 13.4. The summed E-state index contributed by atoms with van der Waals surface area (Å²) in [5, 5.41) is 12.2. The van der Waals surface area contributed by atoms with Crippen molar-refractivity contribution in [2.45, 2.75) is 58.3 Å². The standard InChI is InChI=1S/C47H48O/c1-2-3-4-5-6-7-20-29-42-43(34-30-38-21-12-8-13-22-38)45(36-32-40-25-16-10-17-26-40)47(48)46(37-33-41-27-18-11-19-28-41)44(42)35-31-39-23-14-9-15-24-39/h8-19,21-28,30-37,48H,2-7,20,29H2,1H3. The molecule has 5 rings (SSSR count). The van der Waals surface area contributed by atoms with E-state index in [1.807, 2.05) is 48.5 Å². The molecule has 0 spiro atoms. The maximum Gasteiger partial charge on any atom is 0.131 e. The second-order valence-electron chi connectivity index (χ2n) is 12.3. The van der Waals surface area contributed by atoms with E-state index in [0.29, 0.717) is 0 Å². The van der Waals surface area contributed by atoms with Gasteiger partial charge in [-0.25, -0.2) is 0 Å². The lowest BCUT2D eigenvalue weighted by Crippen LogP contribution is -2.02. The number of aromatic hydroxyl groups is 1. The van der Waals surface area contributed by atoms with E-state index in [1.54, 1.807) is 0 Å². The van der Waals surface area contributed by atoms with E-state index in [0.717, 1.165) is 57.3 Å². The van der Waals surface area contributed by atoms with Gasteiger partial charge in [-0.15, -0.1) is 0 Å². The molecule has 0 saturated heterocycles. The summed E-state index contributed by atoms with van der Waals surface area (Å²) >= 11 is 0. The molecule has 242 valence electrons. The first-order chi connectivity index (χ1) is 23.7. The van der Waals surface area contributed by atoms with Crippen molar-refractivity contribution >= 4 is 48.6 Å². The highest BCUT2D eigenvalue weighted by molar-refractivity contribution is 5.92. The SMILES string of the molecule is CCCCCCCCCc1c(C=Cc2ccccc2)c(C=Cc2ccccc2)c(O)c(C=Cc2ccccc2)c1C=Cc1ccccc1. The molecule has 0 heterocycles. The Morgan fingerprint density at radius 1 is 0.375 bits per heavy atom. The maximum atomic E-state index is 12.2. The summed E-state index contributed by atoms with van der Waals surface area (Å²) in [5.41, 5.74) is 9.54. The lowest BCUT2D eigenvalue weighted by Gasteiger charge is -2.20. The van der Waals surface area contributed by atoms with Gasteiger partial charge in [0.1, 0.15) is 5.75 Å². The van der Waals surface area contributed by atoms with Crippen LogP contribution in [0.4, 0.5) is 0 Å². The third-order valence-electron chi connectivity index (χ3n) is 8.74. The molecule has 0 aliphatic carbocycles. The van der Waals surface area contributed by atoms with Gasteiger partial charge in [0.05, 0.1) is 0 Å². The molecule has 0 aromatic heterocycles. The minimum Gasteiger partial charge on any atom is -0.507 e. The highest BCUT2D eigenvalue weighted by Gasteiger charge is 2.19. The molecule has 1 N–H and O–H groups in total. The number of hydrogen-bond donors (Lipinski definition) is 1. The van der Waals surface area contributed by atoms with Gasteiger partial charge in [-0.1, -0.05) is 215 Å². The molecule has 0 radical (unpaired) electrons. The molecular formula is C47H48O. The summed E-state index contributed by atoms with van der Waals surface area (Å²) in [6.45, 7) is 2.27. The first-order valence-electron chi connectivity index (χ1n) is 17.6. The normalized spacial score (nSPS) is 11.9. The van der Waals surface area contributed by atoms with Crippen molar-refractivity contribution in [3.63, 3.8) is 0 Å². The van der Waals surface area contributed by atoms with Crippen molar-refractivity contribution in [1.82, 2.24) is 0 Å². The van der Waals surface area contributed by atoms with Crippen LogP contribution in [0.2, 0.25) is 0 Å². The Labute approximate surface area is 288 Å². The van der Waals surface area contributed by atoms with Crippen LogP contribution in [-0.2, 0) is 6.42 Å². The molecule has 0 aliphatic rings. The molecule has 5 aromatic carbocycles. The molecule has 5 aromatic rings. The minimum absolute atomic E-state index is 0.290. The fourth-order valence-corrected chi connectivity index (χ4v) is 6.09. The summed E-state index contributed by atoms with van der Waals surface area (Å²) < 4.78 is 0. The van der Waals surface area contributed by atoms with Crippen LogP contribution in [0.3, 0.4) is 0 Å². The predicted molar refractivity (Wildman–Crippen MR) is 211 cm³/mol. The summed E-state index contributed by atoms with van der Waals surface area (Å²) in [6.07, 6.45) is 26.8. The summed E-state index contributed by atoms with van der Waals surface area (Å²) in [4.78, 5) is 0. The number of phenols is 1. The molecule has 0 atom stereocenters. The molecule has 1 heteroatoms. The topological polar surface area (TPSA) is 20.2 Å². The first kappa shape index (κ1) is 34.2. The highest BCUT2D eigenvalue weighted by Crippen LogP contribution is 2.39. The van der Waals surface area contributed by atoms with Gasteiger partial charge < -0.3 is 5.11 Å². The molecule has 0 aliphatic heterocycles. The van der Waals surface area contributed by atoms with E-state index < -0.39 is 0 Å². The smallest absolute Gasteiger partial charge is 0.131 e. The summed E-state index contributed by atoms with van der Waals surface area (Å²) in [5.74, 6) is 0.290. The van der Waals surface area contributed by atoms with Crippen LogP contribution in [-0.4, -0.2) is 5.11 Å². The molecule has 0 amide bonds. The lowest BCUT2D eigenvalue weighted by molar-refractivity contribution is 0.472. The number of benzene rings is 5. The van der Waals surface area contributed by atoms with Crippen LogP contribution >= 0.6 is 0 Å². The number of unbranched alkanes of at least 4 members (excludes halogenated alkanes) is 6. The Morgan fingerprint density at radius 2 is 0.688 bits per heavy atom. The second kappa shape index (κ2) is 18.9. The number of rotatable bonds is 16. The van der Waals surface area contributed by atoms with Crippen molar-refractivity contribution < 1.29 is 5.11 Å². The predicted octanol–water partition coefficient (Wildman–Crippen LogP) is 13.4. The van der Waals surface area contributed by atoms with E-state index in [2.05, 4.69) is 128 Å². The maximum absolute atomic E-state index is 12.2. The molecule has 0 bridgehead atoms. The number of hydrogen-bond acceptors (Lipinski definition) is 1. The van der Waals surface area contributed by atoms with Gasteiger partial charge in [0.25, 0.3) is 0 Å². The van der Waals surface area contributed by atoms with E-state index in [1.165, 1.54) is 44.1 Å². The third-order valence-corrected chi connectivity index (χ3v) is 8.74. The Morgan fingerprint density at radius 3 is 1.04 bits per heavy atom. The van der Waals surface area contributed by atoms with Gasteiger partial charge in [-0.05, 0) is 51.8 Å². The second-order valence-corrected chi connectivity index (χ2v) is 12.3. The fourth-order valence-electron chi connectivity index (χ4n) is 6.09. The molecule has 0 unspecified atom stereocenters. The van der Waals surface area contributed by atoms with Crippen LogP contribution in [0.25, 0.3) is 48.6 Å². The van der Waals surface area contributed by atoms with E-state index in [9.17, 15) is 5.11 Å². The zero-order chi connectivity index (χ0) is 33.2. The summed E-state index contributed by atoms with van der Waals surface area (Å²) in [6, 6.07) is 41.5. The van der Waals surface area contributed by atoms with Crippen LogP contribution in [0.15, 0.2) is 121 Å². The molecular weight excluding hydrogens is 581 g/mol. The summed E-state index contributed by atoms with van der Waals surface area (Å²) in [7, 11) is 0.